The molecule has 0 aliphatic heterocycles. The van der Waals surface area contributed by atoms with Crippen molar-refractivity contribution in [1.82, 2.24) is 9.97 Å². The van der Waals surface area contributed by atoms with Crippen molar-refractivity contribution in [2.45, 2.75) is 20.8 Å². The molecule has 0 aliphatic carbocycles. The van der Waals surface area contributed by atoms with Crippen LogP contribution in [0.1, 0.15) is 29.8 Å². The van der Waals surface area contributed by atoms with Crippen LogP contribution in [0.2, 0.25) is 0 Å². The van der Waals surface area contributed by atoms with Crippen LogP contribution in [-0.4, -0.2) is 21.8 Å². The number of carbonyl (C=O) groups excluding carboxylic acids is 2. The summed E-state index contributed by atoms with van der Waals surface area (Å²) in [6, 6.07) is 23.1. The number of thiazole rings is 1. The van der Waals surface area contributed by atoms with Gasteiger partial charge in [-0.05, 0) is 36.8 Å². The van der Waals surface area contributed by atoms with E-state index < -0.39 is 0 Å². The number of aryl methyl sites for hydroxylation is 1. The standard InChI is InChI=1S/C28H24N4O2S/c1-16(2)26(33)32-28-31-23-14-19(12-13-24(23)35-28)29-27(34)21-15-22(18-9-5-4-6-10-18)30-25-17(3)8-7-11-20(21)25/h4-16H,1-3H3,(H,29,34)(H,31,32,33). The molecule has 5 aromatic rings. The molecule has 0 atom stereocenters. The van der Waals surface area contributed by atoms with Crippen LogP contribution < -0.4 is 10.6 Å². The van der Waals surface area contributed by atoms with E-state index in [-0.39, 0.29) is 17.7 Å². The first-order chi connectivity index (χ1) is 16.9. The molecule has 3 aromatic carbocycles. The quantitative estimate of drug-likeness (QED) is 0.294. The average Bonchev–Trinajstić information content (AvgIpc) is 3.25. The lowest BCUT2D eigenvalue weighted by Gasteiger charge is -2.12. The Morgan fingerprint density at radius 2 is 1.69 bits per heavy atom. The highest BCUT2D eigenvalue weighted by Crippen LogP contribution is 2.30. The van der Waals surface area contributed by atoms with Crippen LogP contribution in [0.4, 0.5) is 10.8 Å². The lowest BCUT2D eigenvalue weighted by atomic mass is 10.0. The van der Waals surface area contributed by atoms with Crippen LogP contribution in [0.5, 0.6) is 0 Å². The third-order valence-corrected chi connectivity index (χ3v) is 6.71. The van der Waals surface area contributed by atoms with E-state index in [1.807, 2.05) is 93.6 Å². The van der Waals surface area contributed by atoms with E-state index in [1.54, 1.807) is 0 Å². The molecule has 0 fully saturated rings. The van der Waals surface area contributed by atoms with Crippen molar-refractivity contribution in [2.24, 2.45) is 5.92 Å². The number of nitrogens with one attached hydrogen (secondary N) is 2. The second-order valence-corrected chi connectivity index (χ2v) is 9.72. The fourth-order valence-electron chi connectivity index (χ4n) is 3.84. The van der Waals surface area contributed by atoms with Gasteiger partial charge in [0.15, 0.2) is 5.13 Å². The number of fused-ring (bicyclic) bond motifs is 2. The van der Waals surface area contributed by atoms with Gasteiger partial charge < -0.3 is 10.6 Å². The van der Waals surface area contributed by atoms with E-state index in [4.69, 9.17) is 4.98 Å². The van der Waals surface area contributed by atoms with Gasteiger partial charge in [0.05, 0.1) is 27.0 Å². The number of anilines is 2. The van der Waals surface area contributed by atoms with E-state index in [1.165, 1.54) is 11.3 Å². The Morgan fingerprint density at radius 1 is 0.886 bits per heavy atom. The Bertz CT molecular complexity index is 1570. The summed E-state index contributed by atoms with van der Waals surface area (Å²) in [4.78, 5) is 34.9. The van der Waals surface area contributed by atoms with Crippen molar-refractivity contribution < 1.29 is 9.59 Å². The Hall–Kier alpha value is -4.10. The SMILES string of the molecule is Cc1cccc2c(C(=O)Nc3ccc4sc(NC(=O)C(C)C)nc4c3)cc(-c3ccccc3)nc12. The number of para-hydroxylation sites is 1. The zero-order chi connectivity index (χ0) is 24.5. The van der Waals surface area contributed by atoms with Gasteiger partial charge in [0.1, 0.15) is 0 Å². The van der Waals surface area contributed by atoms with E-state index in [2.05, 4.69) is 15.6 Å². The minimum absolute atomic E-state index is 0.0772. The molecule has 0 saturated carbocycles. The number of aromatic nitrogens is 2. The molecule has 7 heteroatoms. The third kappa shape index (κ3) is 4.63. The first-order valence-electron chi connectivity index (χ1n) is 11.4. The summed E-state index contributed by atoms with van der Waals surface area (Å²) < 4.78 is 0.929. The molecule has 0 radical (unpaired) electrons. The summed E-state index contributed by atoms with van der Waals surface area (Å²) in [6.07, 6.45) is 0. The van der Waals surface area contributed by atoms with Crippen molar-refractivity contribution in [1.29, 1.82) is 0 Å². The third-order valence-electron chi connectivity index (χ3n) is 5.76. The summed E-state index contributed by atoms with van der Waals surface area (Å²) in [5.74, 6) is -0.425. The molecule has 0 bridgehead atoms. The number of benzene rings is 3. The van der Waals surface area contributed by atoms with Gasteiger partial charge in [0, 0.05) is 22.6 Å². The van der Waals surface area contributed by atoms with E-state index in [0.29, 0.717) is 21.9 Å². The molecule has 0 aliphatic rings. The summed E-state index contributed by atoms with van der Waals surface area (Å²) in [6.45, 7) is 5.67. The lowest BCUT2D eigenvalue weighted by Crippen LogP contribution is -2.17. The highest BCUT2D eigenvalue weighted by atomic mass is 32.1. The summed E-state index contributed by atoms with van der Waals surface area (Å²) in [5, 5.41) is 7.21. The molecule has 174 valence electrons. The van der Waals surface area contributed by atoms with Crippen LogP contribution >= 0.6 is 11.3 Å². The van der Waals surface area contributed by atoms with Crippen molar-refractivity contribution >= 4 is 55.1 Å². The summed E-state index contributed by atoms with van der Waals surface area (Å²) >= 11 is 1.41. The monoisotopic (exact) mass is 480 g/mol. The predicted octanol–water partition coefficient (Wildman–Crippen LogP) is 6.67. The van der Waals surface area contributed by atoms with Gasteiger partial charge >= 0.3 is 0 Å². The predicted molar refractivity (Wildman–Crippen MR) is 143 cm³/mol. The molecule has 0 unspecified atom stereocenters. The number of carbonyl (C=O) groups is 2. The van der Waals surface area contributed by atoms with Gasteiger partial charge in [0.25, 0.3) is 5.91 Å². The maximum atomic E-state index is 13.5. The van der Waals surface area contributed by atoms with Crippen LogP contribution in [0.15, 0.2) is 72.8 Å². The van der Waals surface area contributed by atoms with Crippen molar-refractivity contribution in [3.05, 3.63) is 83.9 Å². The molecule has 0 spiro atoms. The van der Waals surface area contributed by atoms with Crippen molar-refractivity contribution in [3.63, 3.8) is 0 Å². The smallest absolute Gasteiger partial charge is 0.256 e. The largest absolute Gasteiger partial charge is 0.322 e. The molecule has 35 heavy (non-hydrogen) atoms. The van der Waals surface area contributed by atoms with E-state index in [0.717, 1.165) is 32.4 Å². The number of hydrogen-bond acceptors (Lipinski definition) is 5. The average molecular weight is 481 g/mol. The first-order valence-corrected chi connectivity index (χ1v) is 12.2. The van der Waals surface area contributed by atoms with Gasteiger partial charge in [-0.1, -0.05) is 73.7 Å². The van der Waals surface area contributed by atoms with Gasteiger partial charge in [-0.3, -0.25) is 9.59 Å². The minimum Gasteiger partial charge on any atom is -0.322 e. The van der Waals surface area contributed by atoms with Gasteiger partial charge in [0.2, 0.25) is 5.91 Å². The molecule has 2 amide bonds. The van der Waals surface area contributed by atoms with Crippen molar-refractivity contribution in [3.8, 4) is 11.3 Å². The fraction of sp³-hybridized carbons (Fsp3) is 0.143. The summed E-state index contributed by atoms with van der Waals surface area (Å²) in [7, 11) is 0. The Labute approximate surface area is 207 Å². The van der Waals surface area contributed by atoms with Crippen LogP contribution in [-0.2, 0) is 4.79 Å². The van der Waals surface area contributed by atoms with E-state index in [9.17, 15) is 9.59 Å². The first kappa shape index (κ1) is 22.7. The normalized spacial score (nSPS) is 11.2. The lowest BCUT2D eigenvalue weighted by molar-refractivity contribution is -0.118. The van der Waals surface area contributed by atoms with Gasteiger partial charge in [-0.2, -0.15) is 0 Å². The van der Waals surface area contributed by atoms with E-state index >= 15 is 0 Å². The van der Waals surface area contributed by atoms with Gasteiger partial charge in [-0.15, -0.1) is 0 Å². The van der Waals surface area contributed by atoms with Crippen LogP contribution in [0.25, 0.3) is 32.4 Å². The zero-order valence-electron chi connectivity index (χ0n) is 19.6. The second-order valence-electron chi connectivity index (χ2n) is 8.69. The second kappa shape index (κ2) is 9.27. The number of nitrogens with zero attached hydrogens (tertiary/aromatic N) is 2. The maximum absolute atomic E-state index is 13.5. The summed E-state index contributed by atoms with van der Waals surface area (Å²) in [5.41, 5.74) is 5.42. The molecule has 2 heterocycles. The Balaban J connectivity index is 1.49. The number of hydrogen-bond donors (Lipinski definition) is 2. The molecule has 2 N–H and O–H groups in total. The zero-order valence-corrected chi connectivity index (χ0v) is 20.4. The highest BCUT2D eigenvalue weighted by Gasteiger charge is 2.16. The molecule has 6 nitrogen and oxygen atoms in total. The van der Waals surface area contributed by atoms with Gasteiger partial charge in [-0.25, -0.2) is 9.97 Å². The van der Waals surface area contributed by atoms with Crippen LogP contribution in [0.3, 0.4) is 0 Å². The molecule has 5 rings (SSSR count). The molecular formula is C28H24N4O2S. The Morgan fingerprint density at radius 3 is 2.46 bits per heavy atom. The molecule has 2 aromatic heterocycles. The molecular weight excluding hydrogens is 456 g/mol. The van der Waals surface area contributed by atoms with Crippen LogP contribution in [0, 0.1) is 12.8 Å². The minimum atomic E-state index is -0.219. The maximum Gasteiger partial charge on any atom is 0.256 e. The van der Waals surface area contributed by atoms with Crippen molar-refractivity contribution in [2.75, 3.05) is 10.6 Å². The highest BCUT2D eigenvalue weighted by molar-refractivity contribution is 7.22. The number of pyridine rings is 1. The Kier molecular flexibility index (Phi) is 6.01. The fourth-order valence-corrected chi connectivity index (χ4v) is 4.69. The number of rotatable bonds is 5. The number of amides is 2. The topological polar surface area (TPSA) is 84.0 Å². The molecule has 0 saturated heterocycles.